The van der Waals surface area contributed by atoms with Crippen LogP contribution >= 0.6 is 11.6 Å². The van der Waals surface area contributed by atoms with Gasteiger partial charge >= 0.3 is 0 Å². The molecular formula is C17H17ClN2O. The Labute approximate surface area is 129 Å². The van der Waals surface area contributed by atoms with Crippen molar-refractivity contribution in [3.8, 4) is 0 Å². The first-order valence-corrected chi connectivity index (χ1v) is 7.36. The molecule has 0 spiro atoms. The lowest BCUT2D eigenvalue weighted by Gasteiger charge is -2.35. The first-order chi connectivity index (χ1) is 10.1. The maximum Gasteiger partial charge on any atom is 0.235 e. The molecule has 0 radical (unpaired) electrons. The monoisotopic (exact) mass is 300 g/mol. The van der Waals surface area contributed by atoms with Crippen molar-refractivity contribution in [1.82, 2.24) is 4.90 Å². The molecule has 1 aliphatic heterocycles. The van der Waals surface area contributed by atoms with Crippen LogP contribution in [0.5, 0.6) is 0 Å². The number of benzene rings is 2. The summed E-state index contributed by atoms with van der Waals surface area (Å²) in [6, 6.07) is 15.7. The molecule has 1 aliphatic rings. The van der Waals surface area contributed by atoms with Gasteiger partial charge in [0.05, 0.1) is 6.04 Å². The molecule has 0 bridgehead atoms. The van der Waals surface area contributed by atoms with Gasteiger partial charge < -0.3 is 5.73 Å². The largest absolute Gasteiger partial charge is 0.368 e. The number of carbonyl (C=O) groups excluding carboxylic acids is 1. The van der Waals surface area contributed by atoms with Crippen LogP contribution in [0, 0.1) is 0 Å². The number of rotatable bonds is 3. The van der Waals surface area contributed by atoms with Gasteiger partial charge in [-0.2, -0.15) is 0 Å². The lowest BCUT2D eigenvalue weighted by atomic mass is 9.93. The Morgan fingerprint density at radius 3 is 2.48 bits per heavy atom. The van der Waals surface area contributed by atoms with E-state index in [0.29, 0.717) is 18.0 Å². The third kappa shape index (κ3) is 3.09. The summed E-state index contributed by atoms with van der Waals surface area (Å²) in [5.74, 6) is -0.265. The van der Waals surface area contributed by atoms with Crippen molar-refractivity contribution in [3.05, 3.63) is 70.2 Å². The summed E-state index contributed by atoms with van der Waals surface area (Å²) in [6.07, 6.45) is 0.680. The van der Waals surface area contributed by atoms with E-state index >= 15 is 0 Å². The summed E-state index contributed by atoms with van der Waals surface area (Å²) in [7, 11) is 0. The molecule has 2 aromatic rings. The summed E-state index contributed by atoms with van der Waals surface area (Å²) in [6.45, 7) is 1.44. The Morgan fingerprint density at radius 2 is 1.81 bits per heavy atom. The van der Waals surface area contributed by atoms with Gasteiger partial charge in [0.25, 0.3) is 0 Å². The molecule has 0 aliphatic carbocycles. The molecule has 0 fully saturated rings. The van der Waals surface area contributed by atoms with E-state index in [0.717, 1.165) is 12.1 Å². The molecule has 1 unspecified atom stereocenters. The quantitative estimate of drug-likeness (QED) is 0.947. The number of halogens is 1. The molecule has 1 heterocycles. The maximum atomic E-state index is 11.8. The molecule has 1 amide bonds. The normalized spacial score (nSPS) is 18.2. The van der Waals surface area contributed by atoms with E-state index in [4.69, 9.17) is 17.3 Å². The SMILES string of the molecule is NC(=O)C1Cc2ccccc2CN1Cc1ccc(Cl)cc1. The van der Waals surface area contributed by atoms with E-state index in [1.165, 1.54) is 11.1 Å². The van der Waals surface area contributed by atoms with Gasteiger partial charge in [-0.15, -0.1) is 0 Å². The summed E-state index contributed by atoms with van der Waals surface area (Å²) >= 11 is 5.91. The molecule has 0 aromatic heterocycles. The maximum absolute atomic E-state index is 11.8. The van der Waals surface area contributed by atoms with Crippen LogP contribution in [0.1, 0.15) is 16.7 Å². The number of nitrogens with zero attached hydrogens (tertiary/aromatic N) is 1. The molecule has 2 aromatic carbocycles. The summed E-state index contributed by atoms with van der Waals surface area (Å²) in [5.41, 5.74) is 9.20. The number of hydrogen-bond acceptors (Lipinski definition) is 2. The van der Waals surface area contributed by atoms with Crippen molar-refractivity contribution < 1.29 is 4.79 Å². The van der Waals surface area contributed by atoms with Gasteiger partial charge in [-0.25, -0.2) is 0 Å². The fourth-order valence-corrected chi connectivity index (χ4v) is 2.97. The summed E-state index contributed by atoms with van der Waals surface area (Å²) in [5, 5.41) is 0.717. The van der Waals surface area contributed by atoms with Crippen LogP contribution < -0.4 is 5.73 Å². The molecular weight excluding hydrogens is 284 g/mol. The molecule has 3 rings (SSSR count). The van der Waals surface area contributed by atoms with Gasteiger partial charge in [0.15, 0.2) is 0 Å². The minimum Gasteiger partial charge on any atom is -0.368 e. The van der Waals surface area contributed by atoms with E-state index in [-0.39, 0.29) is 11.9 Å². The highest BCUT2D eigenvalue weighted by molar-refractivity contribution is 6.30. The van der Waals surface area contributed by atoms with Crippen LogP contribution in [0.4, 0.5) is 0 Å². The minimum atomic E-state index is -0.265. The average Bonchev–Trinajstić information content (AvgIpc) is 2.48. The molecule has 2 N–H and O–H groups in total. The van der Waals surface area contributed by atoms with Gasteiger partial charge in [0, 0.05) is 18.1 Å². The van der Waals surface area contributed by atoms with Crippen molar-refractivity contribution in [2.24, 2.45) is 5.73 Å². The number of fused-ring (bicyclic) bond motifs is 1. The minimum absolute atomic E-state index is 0.254. The van der Waals surface area contributed by atoms with Crippen molar-refractivity contribution in [2.75, 3.05) is 0 Å². The lowest BCUT2D eigenvalue weighted by molar-refractivity contribution is -0.124. The van der Waals surface area contributed by atoms with Crippen LogP contribution in [0.15, 0.2) is 48.5 Å². The van der Waals surface area contributed by atoms with Crippen LogP contribution in [-0.4, -0.2) is 16.8 Å². The third-order valence-electron chi connectivity index (χ3n) is 3.97. The zero-order valence-corrected chi connectivity index (χ0v) is 12.4. The number of nitrogens with two attached hydrogens (primary N) is 1. The zero-order valence-electron chi connectivity index (χ0n) is 11.6. The highest BCUT2D eigenvalue weighted by Crippen LogP contribution is 2.25. The van der Waals surface area contributed by atoms with Gasteiger partial charge in [0.1, 0.15) is 0 Å². The van der Waals surface area contributed by atoms with Crippen molar-refractivity contribution in [3.63, 3.8) is 0 Å². The predicted octanol–water partition coefficient (Wildman–Crippen LogP) is 2.75. The summed E-state index contributed by atoms with van der Waals surface area (Å²) < 4.78 is 0. The Balaban J connectivity index is 1.85. The standard InChI is InChI=1S/C17H17ClN2O/c18-15-7-5-12(6-8-15)10-20-11-14-4-2-1-3-13(14)9-16(20)17(19)21/h1-8,16H,9-11H2,(H2,19,21). The van der Waals surface area contributed by atoms with E-state index < -0.39 is 0 Å². The number of primary amides is 1. The molecule has 0 saturated carbocycles. The highest BCUT2D eigenvalue weighted by Gasteiger charge is 2.29. The topological polar surface area (TPSA) is 46.3 Å². The molecule has 0 saturated heterocycles. The fraction of sp³-hybridized carbons (Fsp3) is 0.235. The average molecular weight is 301 g/mol. The van der Waals surface area contributed by atoms with Gasteiger partial charge in [-0.05, 0) is 35.2 Å². The second-order valence-electron chi connectivity index (χ2n) is 5.42. The number of amides is 1. The van der Waals surface area contributed by atoms with E-state index in [1.54, 1.807) is 0 Å². The zero-order chi connectivity index (χ0) is 14.8. The number of hydrogen-bond donors (Lipinski definition) is 1. The highest BCUT2D eigenvalue weighted by atomic mass is 35.5. The van der Waals surface area contributed by atoms with E-state index in [1.807, 2.05) is 36.4 Å². The second kappa shape index (κ2) is 5.88. The Bertz CT molecular complexity index is 654. The van der Waals surface area contributed by atoms with E-state index in [2.05, 4.69) is 17.0 Å². The molecule has 4 heteroatoms. The number of carbonyl (C=O) groups is 1. The lowest BCUT2D eigenvalue weighted by Crippen LogP contribution is -2.48. The second-order valence-corrected chi connectivity index (χ2v) is 5.86. The third-order valence-corrected chi connectivity index (χ3v) is 4.23. The first kappa shape index (κ1) is 14.1. The van der Waals surface area contributed by atoms with Crippen LogP contribution in [0.2, 0.25) is 5.02 Å². The fourth-order valence-electron chi connectivity index (χ4n) is 2.85. The molecule has 1 atom stereocenters. The van der Waals surface area contributed by atoms with Gasteiger partial charge in [-0.3, -0.25) is 9.69 Å². The van der Waals surface area contributed by atoms with Crippen molar-refractivity contribution >= 4 is 17.5 Å². The Kier molecular flexibility index (Phi) is 3.95. The van der Waals surface area contributed by atoms with Gasteiger partial charge in [0.2, 0.25) is 5.91 Å². The van der Waals surface area contributed by atoms with E-state index in [9.17, 15) is 4.79 Å². The predicted molar refractivity (Wildman–Crippen MR) is 83.8 cm³/mol. The first-order valence-electron chi connectivity index (χ1n) is 6.98. The Hall–Kier alpha value is -1.84. The Morgan fingerprint density at radius 1 is 1.14 bits per heavy atom. The van der Waals surface area contributed by atoms with Gasteiger partial charge in [-0.1, -0.05) is 48.0 Å². The van der Waals surface area contributed by atoms with Crippen molar-refractivity contribution in [2.45, 2.75) is 25.6 Å². The van der Waals surface area contributed by atoms with Crippen molar-refractivity contribution in [1.29, 1.82) is 0 Å². The van der Waals surface area contributed by atoms with Crippen LogP contribution in [-0.2, 0) is 24.3 Å². The van der Waals surface area contributed by atoms with Crippen LogP contribution in [0.3, 0.4) is 0 Å². The molecule has 108 valence electrons. The molecule has 3 nitrogen and oxygen atoms in total. The smallest absolute Gasteiger partial charge is 0.235 e. The molecule has 21 heavy (non-hydrogen) atoms. The summed E-state index contributed by atoms with van der Waals surface area (Å²) in [4.78, 5) is 13.9. The van der Waals surface area contributed by atoms with Crippen LogP contribution in [0.25, 0.3) is 0 Å².